The Hall–Kier alpha value is -3.39. The van der Waals surface area contributed by atoms with Crippen molar-refractivity contribution in [3.63, 3.8) is 0 Å². The number of benzene rings is 2. The predicted octanol–water partition coefficient (Wildman–Crippen LogP) is 3.02. The highest BCUT2D eigenvalue weighted by molar-refractivity contribution is 6.02. The number of likely N-dealkylation sites (tertiary alicyclic amines) is 1. The zero-order valence-corrected chi connectivity index (χ0v) is 19.4. The fraction of sp³-hybridized carbons (Fsp3) is 0.423. The van der Waals surface area contributed by atoms with Crippen LogP contribution in [0.5, 0.6) is 11.5 Å². The molecular formula is C26H30N4O4. The SMILES string of the molecule is Cn1nc(C2CCC(=O)NC2=O)c2ccc(OC3CCN(CCOc4ccccc4)CC3)cc21. The van der Waals surface area contributed by atoms with E-state index in [9.17, 15) is 9.59 Å². The van der Waals surface area contributed by atoms with Crippen LogP contribution in [0.1, 0.15) is 37.3 Å². The van der Waals surface area contributed by atoms with Crippen LogP contribution in [0.3, 0.4) is 0 Å². The molecule has 8 heteroatoms. The van der Waals surface area contributed by atoms with E-state index in [2.05, 4.69) is 15.3 Å². The molecule has 5 rings (SSSR count). The van der Waals surface area contributed by atoms with E-state index in [0.29, 0.717) is 19.4 Å². The molecule has 178 valence electrons. The number of nitrogens with zero attached hydrogens (tertiary/aromatic N) is 3. The van der Waals surface area contributed by atoms with Crippen molar-refractivity contribution in [2.75, 3.05) is 26.2 Å². The number of nitrogens with one attached hydrogen (secondary N) is 1. The van der Waals surface area contributed by atoms with Gasteiger partial charge in [-0.2, -0.15) is 5.10 Å². The smallest absolute Gasteiger partial charge is 0.235 e. The molecule has 1 N–H and O–H groups in total. The van der Waals surface area contributed by atoms with Gasteiger partial charge in [0, 0.05) is 44.6 Å². The predicted molar refractivity (Wildman–Crippen MR) is 128 cm³/mol. The van der Waals surface area contributed by atoms with Gasteiger partial charge in [0.1, 0.15) is 24.2 Å². The Balaban J connectivity index is 1.16. The summed E-state index contributed by atoms with van der Waals surface area (Å²) >= 11 is 0. The minimum atomic E-state index is -0.400. The highest BCUT2D eigenvalue weighted by atomic mass is 16.5. The molecule has 34 heavy (non-hydrogen) atoms. The Morgan fingerprint density at radius 2 is 1.82 bits per heavy atom. The number of hydrogen-bond acceptors (Lipinski definition) is 6. The number of imide groups is 1. The number of rotatable bonds is 7. The molecule has 1 aromatic heterocycles. The van der Waals surface area contributed by atoms with Gasteiger partial charge < -0.3 is 9.47 Å². The topological polar surface area (TPSA) is 85.7 Å². The highest BCUT2D eigenvalue weighted by Gasteiger charge is 2.31. The molecular weight excluding hydrogens is 432 g/mol. The summed E-state index contributed by atoms with van der Waals surface area (Å²) in [5.41, 5.74) is 1.65. The Morgan fingerprint density at radius 3 is 2.59 bits per heavy atom. The van der Waals surface area contributed by atoms with Crippen LogP contribution < -0.4 is 14.8 Å². The average Bonchev–Trinajstić information content (AvgIpc) is 3.16. The molecule has 2 aromatic carbocycles. The molecule has 0 spiro atoms. The minimum Gasteiger partial charge on any atom is -0.492 e. The molecule has 0 saturated carbocycles. The molecule has 3 aromatic rings. The molecule has 2 saturated heterocycles. The molecule has 2 fully saturated rings. The van der Waals surface area contributed by atoms with Crippen molar-refractivity contribution >= 4 is 22.7 Å². The van der Waals surface area contributed by atoms with Crippen LogP contribution in [0.2, 0.25) is 0 Å². The third-order valence-corrected chi connectivity index (χ3v) is 6.68. The van der Waals surface area contributed by atoms with Crippen LogP contribution in [0.4, 0.5) is 0 Å². The van der Waals surface area contributed by atoms with E-state index in [1.54, 1.807) is 4.68 Å². The van der Waals surface area contributed by atoms with Gasteiger partial charge in [-0.3, -0.25) is 24.5 Å². The zero-order valence-electron chi connectivity index (χ0n) is 19.4. The summed E-state index contributed by atoms with van der Waals surface area (Å²) in [6, 6.07) is 15.8. The molecule has 3 heterocycles. The van der Waals surface area contributed by atoms with E-state index in [1.165, 1.54) is 0 Å². The number of piperidine rings is 2. The first-order valence-electron chi connectivity index (χ1n) is 11.9. The van der Waals surface area contributed by atoms with E-state index < -0.39 is 5.92 Å². The van der Waals surface area contributed by atoms with Crippen LogP contribution >= 0.6 is 0 Å². The molecule has 0 radical (unpaired) electrons. The molecule has 0 bridgehead atoms. The monoisotopic (exact) mass is 462 g/mol. The fourth-order valence-electron chi connectivity index (χ4n) is 4.80. The number of fused-ring (bicyclic) bond motifs is 1. The Labute approximate surface area is 198 Å². The van der Waals surface area contributed by atoms with E-state index >= 15 is 0 Å². The number of aryl methyl sites for hydroxylation is 1. The Morgan fingerprint density at radius 1 is 1.03 bits per heavy atom. The van der Waals surface area contributed by atoms with Crippen molar-refractivity contribution < 1.29 is 19.1 Å². The van der Waals surface area contributed by atoms with Crippen LogP contribution in [-0.2, 0) is 16.6 Å². The summed E-state index contributed by atoms with van der Waals surface area (Å²) in [5, 5.41) is 7.96. The number of carbonyl (C=O) groups excluding carboxylic acids is 2. The number of hydrogen-bond donors (Lipinski definition) is 1. The zero-order chi connectivity index (χ0) is 23.5. The van der Waals surface area contributed by atoms with E-state index in [-0.39, 0.29) is 17.9 Å². The third kappa shape index (κ3) is 4.92. The van der Waals surface area contributed by atoms with Crippen LogP contribution in [0, 0.1) is 0 Å². The van der Waals surface area contributed by atoms with E-state index in [1.807, 2.05) is 55.6 Å². The van der Waals surface area contributed by atoms with Crippen LogP contribution in [0.25, 0.3) is 10.9 Å². The molecule has 2 aliphatic rings. The third-order valence-electron chi connectivity index (χ3n) is 6.68. The second-order valence-corrected chi connectivity index (χ2v) is 9.01. The standard InChI is InChI=1S/C26H30N4O4/c1-29-23-17-20(7-8-21(23)25(28-29)22-9-10-24(31)27-26(22)32)34-19-11-13-30(14-12-19)15-16-33-18-5-3-2-4-6-18/h2-8,17,19,22H,9-16H2,1H3,(H,27,31,32). The van der Waals surface area contributed by atoms with E-state index in [0.717, 1.165) is 60.6 Å². The molecule has 1 atom stereocenters. The lowest BCUT2D eigenvalue weighted by molar-refractivity contribution is -0.134. The molecule has 8 nitrogen and oxygen atoms in total. The summed E-state index contributed by atoms with van der Waals surface area (Å²) in [6.45, 7) is 3.56. The van der Waals surface area contributed by atoms with Crippen molar-refractivity contribution in [3.05, 3.63) is 54.2 Å². The first-order chi connectivity index (χ1) is 16.6. The van der Waals surface area contributed by atoms with E-state index in [4.69, 9.17) is 9.47 Å². The average molecular weight is 463 g/mol. The number of aromatic nitrogens is 2. The lowest BCUT2D eigenvalue weighted by Gasteiger charge is -2.32. The largest absolute Gasteiger partial charge is 0.492 e. The quantitative estimate of drug-likeness (QED) is 0.544. The second kappa shape index (κ2) is 9.85. The van der Waals surface area contributed by atoms with Crippen molar-refractivity contribution in [1.82, 2.24) is 20.0 Å². The van der Waals surface area contributed by atoms with Gasteiger partial charge >= 0.3 is 0 Å². The summed E-state index contributed by atoms with van der Waals surface area (Å²) in [4.78, 5) is 26.3. The summed E-state index contributed by atoms with van der Waals surface area (Å²) < 4.78 is 13.9. The number of para-hydroxylation sites is 1. The minimum absolute atomic E-state index is 0.173. The lowest BCUT2D eigenvalue weighted by Crippen LogP contribution is -2.40. The molecule has 2 aliphatic heterocycles. The van der Waals surface area contributed by atoms with Crippen LogP contribution in [0.15, 0.2) is 48.5 Å². The normalized spacial score (nSPS) is 19.9. The van der Waals surface area contributed by atoms with Crippen LogP contribution in [-0.4, -0.2) is 58.8 Å². The fourth-order valence-corrected chi connectivity index (χ4v) is 4.80. The second-order valence-electron chi connectivity index (χ2n) is 9.01. The summed E-state index contributed by atoms with van der Waals surface area (Å²) in [6.07, 6.45) is 2.94. The summed E-state index contributed by atoms with van der Waals surface area (Å²) in [5.74, 6) is 0.844. The molecule has 0 aliphatic carbocycles. The van der Waals surface area contributed by atoms with Crippen molar-refractivity contribution in [2.45, 2.75) is 37.7 Å². The number of ether oxygens (including phenoxy) is 2. The Kier molecular flexibility index (Phi) is 6.49. The number of carbonyl (C=O) groups is 2. The maximum absolute atomic E-state index is 12.3. The highest BCUT2D eigenvalue weighted by Crippen LogP contribution is 2.32. The van der Waals surface area contributed by atoms with Crippen molar-refractivity contribution in [3.8, 4) is 11.5 Å². The maximum Gasteiger partial charge on any atom is 0.235 e. The van der Waals surface area contributed by atoms with Crippen molar-refractivity contribution in [1.29, 1.82) is 0 Å². The molecule has 1 unspecified atom stereocenters. The first kappa shape index (κ1) is 22.4. The first-order valence-corrected chi connectivity index (χ1v) is 11.9. The van der Waals surface area contributed by atoms with Gasteiger partial charge in [-0.25, -0.2) is 0 Å². The Bertz CT molecular complexity index is 1170. The van der Waals surface area contributed by atoms with Gasteiger partial charge in [0.25, 0.3) is 0 Å². The van der Waals surface area contributed by atoms with Crippen molar-refractivity contribution in [2.24, 2.45) is 7.05 Å². The maximum atomic E-state index is 12.3. The summed E-state index contributed by atoms with van der Waals surface area (Å²) in [7, 11) is 1.87. The lowest BCUT2D eigenvalue weighted by atomic mass is 9.93. The van der Waals surface area contributed by atoms with Gasteiger partial charge in [-0.15, -0.1) is 0 Å². The van der Waals surface area contributed by atoms with Gasteiger partial charge in [0.2, 0.25) is 11.8 Å². The van der Waals surface area contributed by atoms with Gasteiger partial charge in [0.05, 0.1) is 17.1 Å². The van der Waals surface area contributed by atoms with Gasteiger partial charge in [-0.1, -0.05) is 18.2 Å². The van der Waals surface area contributed by atoms with Gasteiger partial charge in [0.15, 0.2) is 0 Å². The molecule has 2 amide bonds. The van der Waals surface area contributed by atoms with Gasteiger partial charge in [-0.05, 0) is 43.5 Å². The number of amides is 2.